The van der Waals surface area contributed by atoms with Gasteiger partial charge in [-0.2, -0.15) is 13.2 Å². The summed E-state index contributed by atoms with van der Waals surface area (Å²) >= 11 is 6.91. The molecule has 0 saturated heterocycles. The van der Waals surface area contributed by atoms with Crippen LogP contribution in [0.15, 0.2) is 46.0 Å². The summed E-state index contributed by atoms with van der Waals surface area (Å²) in [6.07, 6.45) is -12.4. The second-order valence-corrected chi connectivity index (χ2v) is 10.3. The molecule has 0 aliphatic carbocycles. The molecule has 0 radical (unpaired) electrons. The van der Waals surface area contributed by atoms with E-state index >= 15 is 0 Å². The molecule has 0 spiro atoms. The maximum atomic E-state index is 13.3. The van der Waals surface area contributed by atoms with Crippen molar-refractivity contribution in [1.82, 2.24) is 9.55 Å². The highest BCUT2D eigenvalue weighted by Gasteiger charge is 2.39. The van der Waals surface area contributed by atoms with Crippen molar-refractivity contribution >= 4 is 33.2 Å². The molecule has 2 aromatic heterocycles. The quantitative estimate of drug-likeness (QED) is 0.224. The number of ether oxygens (including phenoxy) is 2. The molecule has 0 aliphatic heterocycles. The molecule has 2 aromatic carbocycles. The fraction of sp³-hybridized carbons (Fsp3) is 0.308. The molecule has 0 fully saturated rings. The number of aryl methyl sites for hydroxylation is 2. The highest BCUT2D eigenvalue weighted by molar-refractivity contribution is 7.22. The molecule has 0 amide bonds. The number of thiophene rings is 1. The van der Waals surface area contributed by atoms with Crippen LogP contribution in [0.5, 0.6) is 11.5 Å². The molecule has 0 aliphatic rings. The molecule has 1 atom stereocenters. The van der Waals surface area contributed by atoms with Crippen molar-refractivity contribution in [2.45, 2.75) is 52.1 Å². The zero-order valence-electron chi connectivity index (χ0n) is 21.2. The van der Waals surface area contributed by atoms with Gasteiger partial charge in [0.15, 0.2) is 17.6 Å². The predicted molar refractivity (Wildman–Crippen MR) is 141 cm³/mol. The standard InChI is InChI=1S/C26H21ClF6N2O5S/c1-3-14-5-4-13(8-16(14)27)11-39-17-7-6-15(9-18(17)40-26(31,32)33)21-12(2)20-22(37)34-24(38)35(23(20)41-21)10-19(36)25(28,29)30/h4-9,19,36H,3,10-11H2,1-2H3,(H,34,37,38). The van der Waals surface area contributed by atoms with Crippen LogP contribution in [0.2, 0.25) is 5.02 Å². The lowest BCUT2D eigenvalue weighted by atomic mass is 10.1. The Bertz CT molecular complexity index is 1710. The highest BCUT2D eigenvalue weighted by Crippen LogP contribution is 2.42. The van der Waals surface area contributed by atoms with Gasteiger partial charge in [0.05, 0.1) is 11.9 Å². The van der Waals surface area contributed by atoms with Gasteiger partial charge < -0.3 is 14.6 Å². The number of rotatable bonds is 8. The summed E-state index contributed by atoms with van der Waals surface area (Å²) in [5.74, 6) is -0.967. The predicted octanol–water partition coefficient (Wildman–Crippen LogP) is 6.34. The summed E-state index contributed by atoms with van der Waals surface area (Å²) in [7, 11) is 0. The smallest absolute Gasteiger partial charge is 0.485 e. The first-order valence-electron chi connectivity index (χ1n) is 11.9. The molecular weight excluding hydrogens is 602 g/mol. The van der Waals surface area contributed by atoms with Crippen molar-refractivity contribution in [2.75, 3.05) is 0 Å². The Morgan fingerprint density at radius 1 is 1.07 bits per heavy atom. The summed E-state index contributed by atoms with van der Waals surface area (Å²) in [6, 6.07) is 8.73. The van der Waals surface area contributed by atoms with Crippen LogP contribution < -0.4 is 20.7 Å². The van der Waals surface area contributed by atoms with Gasteiger partial charge in [-0.05, 0) is 59.9 Å². The number of aromatic nitrogens is 2. The van der Waals surface area contributed by atoms with Crippen LogP contribution in [0.25, 0.3) is 20.7 Å². The lowest BCUT2D eigenvalue weighted by molar-refractivity contribution is -0.275. The van der Waals surface area contributed by atoms with Gasteiger partial charge in [0.1, 0.15) is 11.4 Å². The summed E-state index contributed by atoms with van der Waals surface area (Å²) in [4.78, 5) is 26.8. The van der Waals surface area contributed by atoms with Crippen LogP contribution in [0.4, 0.5) is 26.3 Å². The Balaban J connectivity index is 1.76. The van der Waals surface area contributed by atoms with E-state index in [2.05, 4.69) is 4.74 Å². The van der Waals surface area contributed by atoms with Gasteiger partial charge in [0.2, 0.25) is 0 Å². The summed E-state index contributed by atoms with van der Waals surface area (Å²) < 4.78 is 89.1. The van der Waals surface area contributed by atoms with Crippen molar-refractivity contribution in [2.24, 2.45) is 0 Å². The van der Waals surface area contributed by atoms with Gasteiger partial charge >= 0.3 is 18.2 Å². The van der Waals surface area contributed by atoms with Gasteiger partial charge in [-0.25, -0.2) is 4.79 Å². The van der Waals surface area contributed by atoms with Crippen LogP contribution in [-0.2, 0) is 19.6 Å². The molecule has 4 aromatic rings. The average Bonchev–Trinajstić information content (AvgIpc) is 3.21. The van der Waals surface area contributed by atoms with Gasteiger partial charge in [0, 0.05) is 9.90 Å². The number of nitrogens with zero attached hydrogens (tertiary/aromatic N) is 1. The third-order valence-electron chi connectivity index (χ3n) is 6.12. The number of aliphatic hydroxyl groups is 1. The Morgan fingerprint density at radius 2 is 1.78 bits per heavy atom. The van der Waals surface area contributed by atoms with Gasteiger partial charge in [-0.3, -0.25) is 14.3 Å². The topological polar surface area (TPSA) is 93.6 Å². The largest absolute Gasteiger partial charge is 0.573 e. The van der Waals surface area contributed by atoms with E-state index in [0.717, 1.165) is 11.6 Å². The van der Waals surface area contributed by atoms with E-state index in [1.165, 1.54) is 19.1 Å². The fourth-order valence-corrected chi connectivity index (χ4v) is 5.74. The second kappa shape index (κ2) is 11.4. The van der Waals surface area contributed by atoms with Crippen LogP contribution in [0, 0.1) is 6.92 Å². The number of alkyl halides is 6. The van der Waals surface area contributed by atoms with Gasteiger partial charge in [-0.1, -0.05) is 30.7 Å². The van der Waals surface area contributed by atoms with Crippen molar-refractivity contribution in [3.05, 3.63) is 78.9 Å². The lowest BCUT2D eigenvalue weighted by Gasteiger charge is -2.16. The molecule has 7 nitrogen and oxygen atoms in total. The fourth-order valence-electron chi connectivity index (χ4n) is 4.09. The highest BCUT2D eigenvalue weighted by atomic mass is 35.5. The SMILES string of the molecule is CCc1ccc(COc2ccc(-c3sc4c(c3C)c(=O)[nH]c(=O)n4CC(O)C(F)(F)F)cc2OC(F)(F)F)cc1Cl. The van der Waals surface area contributed by atoms with E-state index in [1.54, 1.807) is 18.2 Å². The third-order valence-corrected chi connectivity index (χ3v) is 7.84. The van der Waals surface area contributed by atoms with E-state index in [9.17, 15) is 41.0 Å². The van der Waals surface area contributed by atoms with Crippen molar-refractivity contribution in [1.29, 1.82) is 0 Å². The average molecular weight is 623 g/mol. The Hall–Kier alpha value is -3.49. The molecule has 0 saturated carbocycles. The molecule has 4 rings (SSSR count). The molecule has 1 unspecified atom stereocenters. The summed E-state index contributed by atoms with van der Waals surface area (Å²) in [5, 5.41) is 9.85. The maximum Gasteiger partial charge on any atom is 0.573 e. The number of fused-ring (bicyclic) bond motifs is 1. The minimum absolute atomic E-state index is 0.111. The zero-order valence-corrected chi connectivity index (χ0v) is 22.8. The number of aromatic amines is 1. The Morgan fingerprint density at radius 3 is 2.39 bits per heavy atom. The third kappa shape index (κ3) is 6.71. The van der Waals surface area contributed by atoms with Crippen molar-refractivity contribution in [3.63, 3.8) is 0 Å². The summed E-state index contributed by atoms with van der Waals surface area (Å²) in [5.41, 5.74) is -0.304. The van der Waals surface area contributed by atoms with Crippen LogP contribution in [0.1, 0.15) is 23.6 Å². The monoisotopic (exact) mass is 622 g/mol. The van der Waals surface area contributed by atoms with E-state index in [1.807, 2.05) is 11.9 Å². The Kier molecular flexibility index (Phi) is 8.48. The second-order valence-electron chi connectivity index (χ2n) is 8.94. The first kappa shape index (κ1) is 30.5. The number of halogens is 7. The minimum atomic E-state index is -5.09. The Labute approximate surface area is 236 Å². The normalized spacial score (nSPS) is 13.0. The van der Waals surface area contributed by atoms with Crippen LogP contribution in [-0.4, -0.2) is 33.3 Å². The molecular formula is C26H21ClF6N2O5S. The molecule has 220 valence electrons. The van der Waals surface area contributed by atoms with Crippen LogP contribution >= 0.6 is 22.9 Å². The number of hydrogen-bond donors (Lipinski definition) is 2. The van der Waals surface area contributed by atoms with Crippen LogP contribution in [0.3, 0.4) is 0 Å². The first-order chi connectivity index (χ1) is 19.1. The van der Waals surface area contributed by atoms with E-state index in [-0.39, 0.29) is 38.6 Å². The van der Waals surface area contributed by atoms with Gasteiger partial charge in [-0.15, -0.1) is 24.5 Å². The molecule has 15 heteroatoms. The number of nitrogens with one attached hydrogen (secondary N) is 1. The van der Waals surface area contributed by atoms with E-state index < -0.39 is 42.2 Å². The van der Waals surface area contributed by atoms with E-state index in [0.29, 0.717) is 32.9 Å². The maximum absolute atomic E-state index is 13.3. The molecule has 2 N–H and O–H groups in total. The number of aliphatic hydroxyl groups excluding tert-OH is 1. The minimum Gasteiger partial charge on any atom is -0.485 e. The van der Waals surface area contributed by atoms with Crippen molar-refractivity contribution in [3.8, 4) is 21.9 Å². The van der Waals surface area contributed by atoms with Gasteiger partial charge in [0.25, 0.3) is 5.56 Å². The molecule has 2 heterocycles. The number of benzene rings is 2. The summed E-state index contributed by atoms with van der Waals surface area (Å²) in [6.45, 7) is 2.01. The molecule has 0 bridgehead atoms. The number of H-pyrrole nitrogens is 1. The number of hydrogen-bond acceptors (Lipinski definition) is 6. The van der Waals surface area contributed by atoms with Crippen molar-refractivity contribution < 1.29 is 40.9 Å². The first-order valence-corrected chi connectivity index (χ1v) is 13.1. The lowest BCUT2D eigenvalue weighted by Crippen LogP contribution is -2.38. The zero-order chi connectivity index (χ0) is 30.3. The molecule has 41 heavy (non-hydrogen) atoms. The van der Waals surface area contributed by atoms with E-state index in [4.69, 9.17) is 16.3 Å².